The van der Waals surface area contributed by atoms with Crippen LogP contribution >= 0.6 is 15.9 Å². The molecule has 120 valence electrons. The number of aromatic nitrogens is 2. The Bertz CT molecular complexity index is 969. The normalized spacial score (nSPS) is 19.5. The molecular weight excluding hydrogens is 378 g/mol. The highest BCUT2D eigenvalue weighted by Crippen LogP contribution is 2.43. The van der Waals surface area contributed by atoms with Gasteiger partial charge in [0.05, 0.1) is 33.9 Å². The van der Waals surface area contributed by atoms with Gasteiger partial charge in [-0.05, 0) is 41.2 Å². The van der Waals surface area contributed by atoms with Gasteiger partial charge in [-0.25, -0.2) is 0 Å². The van der Waals surface area contributed by atoms with Crippen LogP contribution in [0.1, 0.15) is 11.7 Å². The summed E-state index contributed by atoms with van der Waals surface area (Å²) in [4.78, 5) is 6.77. The average molecular weight is 394 g/mol. The van der Waals surface area contributed by atoms with Crippen molar-refractivity contribution in [1.82, 2.24) is 14.5 Å². The van der Waals surface area contributed by atoms with Crippen LogP contribution < -0.4 is 0 Å². The Hall–Kier alpha value is -1.44. The predicted octanol–water partition coefficient (Wildman–Crippen LogP) is 2.98. The van der Waals surface area contributed by atoms with Crippen molar-refractivity contribution in [2.24, 2.45) is 0 Å². The maximum atomic E-state index is 11.8. The molecule has 3 aromatic rings. The minimum atomic E-state index is -0.896. The van der Waals surface area contributed by atoms with Crippen molar-refractivity contribution in [1.29, 1.82) is 0 Å². The van der Waals surface area contributed by atoms with Crippen LogP contribution in [-0.4, -0.2) is 42.8 Å². The standard InChI is InChI=1S/C16H16BrN3O2S/c1-19-8-20-10-3-4-12(21)14(17)13(10)9-5-6-18-15(16(9)20)11(19)7-23(2)22/h3-6,11,21H,7-8H2,1-2H3. The van der Waals surface area contributed by atoms with Crippen LogP contribution in [0.4, 0.5) is 0 Å². The molecule has 1 aliphatic rings. The number of fused-ring (bicyclic) bond motifs is 3. The summed E-state index contributed by atoms with van der Waals surface area (Å²) in [5.41, 5.74) is 3.08. The number of phenolic OH excluding ortho intramolecular Hbond substituents is 1. The summed E-state index contributed by atoms with van der Waals surface area (Å²) in [6.07, 6.45) is 3.52. The van der Waals surface area contributed by atoms with Crippen LogP contribution in [0.2, 0.25) is 0 Å². The largest absolute Gasteiger partial charge is 0.507 e. The summed E-state index contributed by atoms with van der Waals surface area (Å²) in [5, 5.41) is 12.1. The van der Waals surface area contributed by atoms with E-state index < -0.39 is 10.8 Å². The minimum Gasteiger partial charge on any atom is -0.507 e. The number of hydrogen-bond donors (Lipinski definition) is 1. The molecule has 2 unspecified atom stereocenters. The van der Waals surface area contributed by atoms with Gasteiger partial charge < -0.3 is 9.67 Å². The van der Waals surface area contributed by atoms with E-state index in [0.717, 1.165) is 27.5 Å². The van der Waals surface area contributed by atoms with Gasteiger partial charge in [0, 0.05) is 39.8 Å². The topological polar surface area (TPSA) is 58.4 Å². The van der Waals surface area contributed by atoms with Crippen molar-refractivity contribution in [3.8, 4) is 5.75 Å². The molecular formula is C16H16BrN3O2S. The van der Waals surface area contributed by atoms with E-state index in [0.29, 0.717) is 16.9 Å². The van der Waals surface area contributed by atoms with Crippen LogP contribution in [0.15, 0.2) is 28.9 Å². The molecule has 0 aliphatic carbocycles. The molecule has 0 amide bonds. The molecule has 0 radical (unpaired) electrons. The molecule has 2 atom stereocenters. The number of halogens is 1. The monoisotopic (exact) mass is 393 g/mol. The van der Waals surface area contributed by atoms with Crippen LogP contribution in [0.5, 0.6) is 5.75 Å². The van der Waals surface area contributed by atoms with E-state index in [1.807, 2.05) is 19.2 Å². The van der Waals surface area contributed by atoms with Gasteiger partial charge in [0.2, 0.25) is 0 Å². The molecule has 0 spiro atoms. The average Bonchev–Trinajstić information content (AvgIpc) is 2.82. The van der Waals surface area contributed by atoms with E-state index in [-0.39, 0.29) is 11.8 Å². The first-order chi connectivity index (χ1) is 11.0. The molecule has 1 aromatic carbocycles. The Morgan fingerprint density at radius 2 is 2.22 bits per heavy atom. The van der Waals surface area contributed by atoms with Gasteiger partial charge in [0.1, 0.15) is 5.75 Å². The van der Waals surface area contributed by atoms with Gasteiger partial charge in [-0.3, -0.25) is 14.1 Å². The van der Waals surface area contributed by atoms with E-state index >= 15 is 0 Å². The van der Waals surface area contributed by atoms with Crippen molar-refractivity contribution < 1.29 is 9.32 Å². The summed E-state index contributed by atoms with van der Waals surface area (Å²) in [6, 6.07) is 5.65. The van der Waals surface area contributed by atoms with Gasteiger partial charge in [0.15, 0.2) is 0 Å². The third kappa shape index (κ3) is 2.14. The highest BCUT2D eigenvalue weighted by Gasteiger charge is 2.30. The first-order valence-corrected chi connectivity index (χ1v) is 9.79. The molecule has 4 rings (SSSR count). The Balaban J connectivity index is 2.11. The number of benzene rings is 1. The lowest BCUT2D eigenvalue weighted by Crippen LogP contribution is -2.35. The first-order valence-electron chi connectivity index (χ1n) is 7.27. The molecule has 7 heteroatoms. The molecule has 1 N–H and O–H groups in total. The Morgan fingerprint density at radius 3 is 2.96 bits per heavy atom. The zero-order valence-electron chi connectivity index (χ0n) is 12.8. The fourth-order valence-electron chi connectivity index (χ4n) is 3.46. The summed E-state index contributed by atoms with van der Waals surface area (Å²) in [5.74, 6) is 0.796. The second-order valence-electron chi connectivity index (χ2n) is 5.97. The van der Waals surface area contributed by atoms with Gasteiger partial charge in [-0.15, -0.1) is 0 Å². The predicted molar refractivity (Wildman–Crippen MR) is 96.0 cm³/mol. The molecule has 0 fully saturated rings. The number of aromatic hydroxyl groups is 1. The van der Waals surface area contributed by atoms with Crippen molar-refractivity contribution in [2.45, 2.75) is 12.7 Å². The summed E-state index contributed by atoms with van der Waals surface area (Å²) in [7, 11) is 1.13. The van der Waals surface area contributed by atoms with Crippen molar-refractivity contribution >= 4 is 48.5 Å². The fourth-order valence-corrected chi connectivity index (χ4v) is 4.87. The molecule has 5 nitrogen and oxygen atoms in total. The van der Waals surface area contributed by atoms with Gasteiger partial charge in [0.25, 0.3) is 0 Å². The summed E-state index contributed by atoms with van der Waals surface area (Å²) >= 11 is 3.51. The number of phenols is 1. The van der Waals surface area contributed by atoms with Gasteiger partial charge >= 0.3 is 0 Å². The van der Waals surface area contributed by atoms with Crippen molar-refractivity contribution in [3.63, 3.8) is 0 Å². The Morgan fingerprint density at radius 1 is 1.43 bits per heavy atom. The SMILES string of the molecule is CN1Cn2c3ccc(O)c(Br)c3c3ccnc(c32)C1CS(C)=O. The maximum Gasteiger partial charge on any atom is 0.130 e. The lowest BCUT2D eigenvalue weighted by Gasteiger charge is -2.33. The zero-order valence-corrected chi connectivity index (χ0v) is 15.2. The highest BCUT2D eigenvalue weighted by atomic mass is 79.9. The second-order valence-corrected chi connectivity index (χ2v) is 8.24. The van der Waals surface area contributed by atoms with Crippen molar-refractivity contribution in [3.05, 3.63) is 34.6 Å². The molecule has 23 heavy (non-hydrogen) atoms. The number of nitrogens with zero attached hydrogens (tertiary/aromatic N) is 3. The second kappa shape index (κ2) is 5.29. The van der Waals surface area contributed by atoms with Crippen LogP contribution in [0.3, 0.4) is 0 Å². The van der Waals surface area contributed by atoms with Crippen LogP contribution in [-0.2, 0) is 17.5 Å². The molecule has 3 heterocycles. The molecule has 0 bridgehead atoms. The minimum absolute atomic E-state index is 0.0359. The molecule has 0 saturated carbocycles. The van der Waals surface area contributed by atoms with Gasteiger partial charge in [-0.1, -0.05) is 0 Å². The molecule has 0 saturated heterocycles. The third-order valence-corrected chi connectivity index (χ3v) is 6.07. The fraction of sp³-hybridized carbons (Fsp3) is 0.312. The number of hydrogen-bond acceptors (Lipinski definition) is 4. The number of pyridine rings is 1. The van der Waals surface area contributed by atoms with E-state index in [2.05, 4.69) is 30.4 Å². The highest BCUT2D eigenvalue weighted by molar-refractivity contribution is 9.10. The smallest absolute Gasteiger partial charge is 0.130 e. The first kappa shape index (κ1) is 15.1. The lowest BCUT2D eigenvalue weighted by atomic mass is 10.1. The molecule has 2 aromatic heterocycles. The zero-order chi connectivity index (χ0) is 16.3. The summed E-state index contributed by atoms with van der Waals surface area (Å²) < 4.78 is 14.7. The third-order valence-electron chi connectivity index (χ3n) is 4.49. The van der Waals surface area contributed by atoms with E-state index in [9.17, 15) is 9.32 Å². The quantitative estimate of drug-likeness (QED) is 0.726. The maximum absolute atomic E-state index is 11.8. The van der Waals surface area contributed by atoms with E-state index in [1.54, 1.807) is 18.5 Å². The molecule has 1 aliphatic heterocycles. The van der Waals surface area contributed by atoms with Crippen molar-refractivity contribution in [2.75, 3.05) is 19.1 Å². The van der Waals surface area contributed by atoms with Gasteiger partial charge in [-0.2, -0.15) is 0 Å². The van der Waals surface area contributed by atoms with Crippen LogP contribution in [0.25, 0.3) is 21.8 Å². The Kier molecular flexibility index (Phi) is 3.48. The lowest BCUT2D eigenvalue weighted by molar-refractivity contribution is 0.201. The van der Waals surface area contributed by atoms with E-state index in [4.69, 9.17) is 0 Å². The van der Waals surface area contributed by atoms with Crippen LogP contribution in [0, 0.1) is 0 Å². The number of rotatable bonds is 2. The Labute approximate surface area is 144 Å². The summed E-state index contributed by atoms with van der Waals surface area (Å²) in [6.45, 7) is 0.706. The van der Waals surface area contributed by atoms with E-state index in [1.165, 1.54) is 0 Å².